The summed E-state index contributed by atoms with van der Waals surface area (Å²) in [4.78, 5) is 16.6. The van der Waals surface area contributed by atoms with E-state index in [1.807, 2.05) is 6.92 Å². The fourth-order valence-electron chi connectivity index (χ4n) is 3.19. The van der Waals surface area contributed by atoms with Crippen molar-refractivity contribution in [2.24, 2.45) is 5.73 Å². The Morgan fingerprint density at radius 1 is 1.40 bits per heavy atom. The van der Waals surface area contributed by atoms with Gasteiger partial charge in [-0.2, -0.15) is 0 Å². The van der Waals surface area contributed by atoms with Crippen molar-refractivity contribution in [1.29, 1.82) is 0 Å². The van der Waals surface area contributed by atoms with Gasteiger partial charge in [-0.1, -0.05) is 0 Å². The molecular formula is C14H28N4O2. The molecule has 0 radical (unpaired) electrons. The number of hydrogen-bond donors (Lipinski definition) is 2. The van der Waals surface area contributed by atoms with Crippen LogP contribution in [0.2, 0.25) is 0 Å². The van der Waals surface area contributed by atoms with Gasteiger partial charge in [-0.3, -0.25) is 14.6 Å². The smallest absolute Gasteiger partial charge is 0.221 e. The number of nitrogens with two attached hydrogens (primary N) is 1. The topological polar surface area (TPSA) is 70.8 Å². The first-order chi connectivity index (χ1) is 9.74. The summed E-state index contributed by atoms with van der Waals surface area (Å²) < 4.78 is 5.41. The van der Waals surface area contributed by atoms with E-state index in [0.29, 0.717) is 25.6 Å². The number of amides is 1. The van der Waals surface area contributed by atoms with Crippen LogP contribution < -0.4 is 11.1 Å². The van der Waals surface area contributed by atoms with Crippen LogP contribution in [0.25, 0.3) is 0 Å². The third-order valence-corrected chi connectivity index (χ3v) is 4.34. The van der Waals surface area contributed by atoms with Gasteiger partial charge in [-0.25, -0.2) is 0 Å². The van der Waals surface area contributed by atoms with Crippen LogP contribution in [0, 0.1) is 0 Å². The average molecular weight is 284 g/mol. The number of rotatable bonds is 6. The summed E-state index contributed by atoms with van der Waals surface area (Å²) in [5.41, 5.74) is 5.87. The van der Waals surface area contributed by atoms with Crippen molar-refractivity contribution in [1.82, 2.24) is 15.1 Å². The number of hydrogen-bond acceptors (Lipinski definition) is 5. The van der Waals surface area contributed by atoms with Crippen LogP contribution in [0.15, 0.2) is 0 Å². The molecule has 2 unspecified atom stereocenters. The van der Waals surface area contributed by atoms with Gasteiger partial charge in [0.05, 0.1) is 13.2 Å². The second-order valence-electron chi connectivity index (χ2n) is 5.63. The highest BCUT2D eigenvalue weighted by Gasteiger charge is 2.32. The first-order valence-electron chi connectivity index (χ1n) is 7.77. The Morgan fingerprint density at radius 3 is 2.80 bits per heavy atom. The molecule has 2 saturated heterocycles. The summed E-state index contributed by atoms with van der Waals surface area (Å²) in [6, 6.07) is 0.773. The summed E-state index contributed by atoms with van der Waals surface area (Å²) in [5, 5.41) is 2.86. The SMILES string of the molecule is CCNC(=O)CC(CN)N1CCC(N2CCOCC2)C1. The number of nitrogens with one attached hydrogen (secondary N) is 1. The van der Waals surface area contributed by atoms with Crippen molar-refractivity contribution in [3.63, 3.8) is 0 Å². The lowest BCUT2D eigenvalue weighted by atomic mass is 10.1. The predicted octanol–water partition coefficient (Wildman–Crippen LogP) is -0.754. The molecule has 6 nitrogen and oxygen atoms in total. The summed E-state index contributed by atoms with van der Waals surface area (Å²) in [6.07, 6.45) is 1.69. The van der Waals surface area contributed by atoms with Gasteiger partial charge in [0.15, 0.2) is 0 Å². The van der Waals surface area contributed by atoms with E-state index in [-0.39, 0.29) is 11.9 Å². The third-order valence-electron chi connectivity index (χ3n) is 4.34. The van der Waals surface area contributed by atoms with Gasteiger partial charge in [0, 0.05) is 57.8 Å². The second-order valence-corrected chi connectivity index (χ2v) is 5.63. The van der Waals surface area contributed by atoms with Crippen molar-refractivity contribution in [2.75, 3.05) is 52.5 Å². The summed E-state index contributed by atoms with van der Waals surface area (Å²) in [6.45, 7) is 9.00. The molecule has 2 atom stereocenters. The van der Waals surface area contributed by atoms with Crippen LogP contribution in [0.5, 0.6) is 0 Å². The Bertz CT molecular complexity index is 308. The number of carbonyl (C=O) groups is 1. The van der Waals surface area contributed by atoms with Crippen molar-refractivity contribution in [2.45, 2.75) is 31.8 Å². The van der Waals surface area contributed by atoms with E-state index in [9.17, 15) is 4.79 Å². The van der Waals surface area contributed by atoms with E-state index in [1.54, 1.807) is 0 Å². The fraction of sp³-hybridized carbons (Fsp3) is 0.929. The van der Waals surface area contributed by atoms with Crippen LogP contribution >= 0.6 is 0 Å². The van der Waals surface area contributed by atoms with Gasteiger partial charge in [0.2, 0.25) is 5.91 Å². The van der Waals surface area contributed by atoms with E-state index in [1.165, 1.54) is 6.42 Å². The molecule has 0 bridgehead atoms. The highest BCUT2D eigenvalue weighted by atomic mass is 16.5. The van der Waals surface area contributed by atoms with Crippen LogP contribution in [0.1, 0.15) is 19.8 Å². The number of likely N-dealkylation sites (tertiary alicyclic amines) is 1. The summed E-state index contributed by atoms with van der Waals surface area (Å²) in [7, 11) is 0. The normalized spacial score (nSPS) is 26.6. The van der Waals surface area contributed by atoms with Crippen molar-refractivity contribution >= 4 is 5.91 Å². The van der Waals surface area contributed by atoms with Crippen molar-refractivity contribution in [3.8, 4) is 0 Å². The number of nitrogens with zero attached hydrogens (tertiary/aromatic N) is 2. The zero-order valence-electron chi connectivity index (χ0n) is 12.5. The minimum absolute atomic E-state index is 0.109. The van der Waals surface area contributed by atoms with E-state index < -0.39 is 0 Å². The molecule has 2 fully saturated rings. The number of morpholine rings is 1. The Balaban J connectivity index is 1.81. The van der Waals surface area contributed by atoms with E-state index in [0.717, 1.165) is 39.4 Å². The first kappa shape index (κ1) is 15.7. The van der Waals surface area contributed by atoms with E-state index in [2.05, 4.69) is 15.1 Å². The molecule has 0 aromatic carbocycles. The van der Waals surface area contributed by atoms with Crippen molar-refractivity contribution < 1.29 is 9.53 Å². The zero-order chi connectivity index (χ0) is 14.4. The van der Waals surface area contributed by atoms with Gasteiger partial charge < -0.3 is 15.8 Å². The van der Waals surface area contributed by atoms with Gasteiger partial charge in [0.1, 0.15) is 0 Å². The fourth-order valence-corrected chi connectivity index (χ4v) is 3.19. The lowest BCUT2D eigenvalue weighted by Gasteiger charge is -2.33. The molecule has 20 heavy (non-hydrogen) atoms. The maximum absolute atomic E-state index is 11.7. The molecule has 3 N–H and O–H groups in total. The molecule has 0 spiro atoms. The van der Waals surface area contributed by atoms with Gasteiger partial charge in [-0.15, -0.1) is 0 Å². The van der Waals surface area contributed by atoms with Crippen LogP contribution in [-0.4, -0.2) is 80.3 Å². The molecule has 0 saturated carbocycles. The third kappa shape index (κ3) is 4.15. The number of ether oxygens (including phenoxy) is 1. The highest BCUT2D eigenvalue weighted by Crippen LogP contribution is 2.20. The Morgan fingerprint density at radius 2 is 2.15 bits per heavy atom. The molecule has 1 amide bonds. The maximum atomic E-state index is 11.7. The Kier molecular flexibility index (Phi) is 6.22. The monoisotopic (exact) mass is 284 g/mol. The van der Waals surface area contributed by atoms with Crippen LogP contribution in [0.3, 0.4) is 0 Å². The molecule has 2 rings (SSSR count). The molecule has 116 valence electrons. The van der Waals surface area contributed by atoms with Crippen LogP contribution in [-0.2, 0) is 9.53 Å². The van der Waals surface area contributed by atoms with Gasteiger partial charge in [-0.05, 0) is 13.3 Å². The standard InChI is InChI=1S/C14H28N4O2/c1-2-16-14(19)9-13(10-15)18-4-3-12(11-18)17-5-7-20-8-6-17/h12-13H,2-11,15H2,1H3,(H,16,19). The minimum atomic E-state index is 0.109. The average Bonchev–Trinajstić information content (AvgIpc) is 2.95. The lowest BCUT2D eigenvalue weighted by molar-refractivity contribution is -0.122. The molecule has 0 aromatic heterocycles. The van der Waals surface area contributed by atoms with Gasteiger partial charge in [0.25, 0.3) is 0 Å². The summed E-state index contributed by atoms with van der Waals surface area (Å²) in [5.74, 6) is 0.109. The molecule has 0 aliphatic carbocycles. The Hall–Kier alpha value is -0.690. The first-order valence-corrected chi connectivity index (χ1v) is 7.77. The van der Waals surface area contributed by atoms with E-state index >= 15 is 0 Å². The van der Waals surface area contributed by atoms with Gasteiger partial charge >= 0.3 is 0 Å². The van der Waals surface area contributed by atoms with E-state index in [4.69, 9.17) is 10.5 Å². The Labute approximate surface area is 121 Å². The lowest BCUT2D eigenvalue weighted by Crippen LogP contribution is -2.47. The largest absolute Gasteiger partial charge is 0.379 e. The van der Waals surface area contributed by atoms with Crippen molar-refractivity contribution in [3.05, 3.63) is 0 Å². The quantitative estimate of drug-likeness (QED) is 0.671. The molecule has 2 aliphatic rings. The maximum Gasteiger partial charge on any atom is 0.221 e. The predicted molar refractivity (Wildman–Crippen MR) is 78.5 cm³/mol. The molecule has 2 heterocycles. The highest BCUT2D eigenvalue weighted by molar-refractivity contribution is 5.76. The van der Waals surface area contributed by atoms with Crippen LogP contribution in [0.4, 0.5) is 0 Å². The zero-order valence-corrected chi connectivity index (χ0v) is 12.5. The molecular weight excluding hydrogens is 256 g/mol. The number of carbonyl (C=O) groups excluding carboxylic acids is 1. The summed E-state index contributed by atoms with van der Waals surface area (Å²) >= 11 is 0. The molecule has 2 aliphatic heterocycles. The molecule has 0 aromatic rings. The second kappa shape index (κ2) is 7.93. The molecule has 6 heteroatoms. The minimum Gasteiger partial charge on any atom is -0.379 e.